The SMILES string of the molecule is CN1CCN(c2ccc(CN(C(=O)C3CC3)c3ccc(F)cc3)cn2)CC1. The van der Waals surface area contributed by atoms with Crippen molar-refractivity contribution in [3.63, 3.8) is 0 Å². The largest absolute Gasteiger partial charge is 0.354 e. The van der Waals surface area contributed by atoms with E-state index in [2.05, 4.69) is 21.8 Å². The number of carbonyl (C=O) groups excluding carboxylic acids is 1. The molecule has 1 aromatic heterocycles. The summed E-state index contributed by atoms with van der Waals surface area (Å²) in [6, 6.07) is 10.2. The van der Waals surface area contributed by atoms with Gasteiger partial charge >= 0.3 is 0 Å². The van der Waals surface area contributed by atoms with Gasteiger partial charge in [0.25, 0.3) is 0 Å². The molecule has 0 bridgehead atoms. The minimum atomic E-state index is -0.296. The van der Waals surface area contributed by atoms with Gasteiger partial charge in [0.1, 0.15) is 11.6 Å². The summed E-state index contributed by atoms with van der Waals surface area (Å²) in [7, 11) is 2.13. The van der Waals surface area contributed by atoms with Crippen molar-refractivity contribution in [2.24, 2.45) is 5.92 Å². The van der Waals surface area contributed by atoms with Crippen molar-refractivity contribution in [1.29, 1.82) is 0 Å². The molecule has 0 radical (unpaired) electrons. The van der Waals surface area contributed by atoms with E-state index < -0.39 is 0 Å². The van der Waals surface area contributed by atoms with Crippen molar-refractivity contribution in [3.05, 3.63) is 54.0 Å². The van der Waals surface area contributed by atoms with Crippen molar-refractivity contribution < 1.29 is 9.18 Å². The average Bonchev–Trinajstić information content (AvgIpc) is 3.53. The molecule has 2 aliphatic rings. The van der Waals surface area contributed by atoms with E-state index in [-0.39, 0.29) is 17.6 Å². The number of piperazine rings is 1. The Morgan fingerprint density at radius 3 is 2.41 bits per heavy atom. The first-order valence-electron chi connectivity index (χ1n) is 9.55. The number of hydrogen-bond acceptors (Lipinski definition) is 4. The quantitative estimate of drug-likeness (QED) is 0.814. The Morgan fingerprint density at radius 1 is 1.11 bits per heavy atom. The van der Waals surface area contributed by atoms with Gasteiger partial charge in [0, 0.05) is 44.0 Å². The molecular weight excluding hydrogens is 343 g/mol. The minimum absolute atomic E-state index is 0.104. The zero-order valence-corrected chi connectivity index (χ0v) is 15.6. The number of benzene rings is 1. The van der Waals surface area contributed by atoms with Gasteiger partial charge in [-0.15, -0.1) is 0 Å². The monoisotopic (exact) mass is 368 g/mol. The highest BCUT2D eigenvalue weighted by atomic mass is 19.1. The van der Waals surface area contributed by atoms with Gasteiger partial charge in [-0.05, 0) is 55.8 Å². The van der Waals surface area contributed by atoms with E-state index in [4.69, 9.17) is 0 Å². The maximum Gasteiger partial charge on any atom is 0.230 e. The number of halogens is 1. The van der Waals surface area contributed by atoms with Gasteiger partial charge in [-0.1, -0.05) is 6.07 Å². The number of pyridine rings is 1. The molecular formula is C21H25FN4O. The van der Waals surface area contributed by atoms with Crippen LogP contribution >= 0.6 is 0 Å². The minimum Gasteiger partial charge on any atom is -0.354 e. The number of nitrogens with zero attached hydrogens (tertiary/aromatic N) is 4. The molecule has 1 amide bonds. The topological polar surface area (TPSA) is 39.7 Å². The highest BCUT2D eigenvalue weighted by Crippen LogP contribution is 2.33. The lowest BCUT2D eigenvalue weighted by Crippen LogP contribution is -2.44. The molecule has 1 saturated heterocycles. The lowest BCUT2D eigenvalue weighted by Gasteiger charge is -2.33. The van der Waals surface area contributed by atoms with Gasteiger partial charge in [0.15, 0.2) is 0 Å². The molecule has 1 aliphatic carbocycles. The number of hydrogen-bond donors (Lipinski definition) is 0. The van der Waals surface area contributed by atoms with Crippen molar-refractivity contribution in [2.75, 3.05) is 43.0 Å². The van der Waals surface area contributed by atoms with Crippen LogP contribution in [0.1, 0.15) is 18.4 Å². The molecule has 0 spiro atoms. The highest BCUT2D eigenvalue weighted by Gasteiger charge is 2.34. The Labute approximate surface area is 159 Å². The Kier molecular flexibility index (Phi) is 5.07. The Balaban J connectivity index is 1.49. The molecule has 2 heterocycles. The lowest BCUT2D eigenvalue weighted by molar-refractivity contribution is -0.119. The molecule has 1 aromatic carbocycles. The summed E-state index contributed by atoms with van der Waals surface area (Å²) >= 11 is 0. The highest BCUT2D eigenvalue weighted by molar-refractivity contribution is 5.96. The third-order valence-electron chi connectivity index (χ3n) is 5.31. The maximum atomic E-state index is 13.3. The van der Waals surface area contributed by atoms with E-state index in [1.165, 1.54) is 12.1 Å². The second-order valence-electron chi connectivity index (χ2n) is 7.49. The Morgan fingerprint density at radius 2 is 1.81 bits per heavy atom. The number of rotatable bonds is 5. The van der Waals surface area contributed by atoms with Crippen LogP contribution in [0.2, 0.25) is 0 Å². The van der Waals surface area contributed by atoms with Gasteiger partial charge in [0.05, 0.1) is 6.54 Å². The number of likely N-dealkylation sites (N-methyl/N-ethyl adjacent to an activating group) is 1. The molecule has 2 aromatic rings. The maximum absolute atomic E-state index is 13.3. The normalized spacial score (nSPS) is 17.8. The average molecular weight is 368 g/mol. The zero-order valence-electron chi connectivity index (χ0n) is 15.6. The summed E-state index contributed by atoms with van der Waals surface area (Å²) in [6.07, 6.45) is 3.73. The summed E-state index contributed by atoms with van der Waals surface area (Å²) in [4.78, 5) is 23.7. The fraction of sp³-hybridized carbons (Fsp3) is 0.429. The van der Waals surface area contributed by atoms with Crippen LogP contribution in [0.15, 0.2) is 42.6 Å². The fourth-order valence-electron chi connectivity index (χ4n) is 3.38. The number of amides is 1. The Bertz CT molecular complexity index is 781. The van der Waals surface area contributed by atoms with Crippen LogP contribution in [0, 0.1) is 11.7 Å². The molecule has 1 aliphatic heterocycles. The number of aromatic nitrogens is 1. The summed E-state index contributed by atoms with van der Waals surface area (Å²) in [6.45, 7) is 4.49. The summed E-state index contributed by atoms with van der Waals surface area (Å²) in [5.41, 5.74) is 1.71. The van der Waals surface area contributed by atoms with Crippen LogP contribution in [-0.2, 0) is 11.3 Å². The van der Waals surface area contributed by atoms with Gasteiger partial charge in [0.2, 0.25) is 5.91 Å². The predicted molar refractivity (Wildman–Crippen MR) is 104 cm³/mol. The van der Waals surface area contributed by atoms with E-state index in [0.717, 1.165) is 56.1 Å². The lowest BCUT2D eigenvalue weighted by atomic mass is 10.2. The number of carbonyl (C=O) groups is 1. The molecule has 5 nitrogen and oxygen atoms in total. The molecule has 27 heavy (non-hydrogen) atoms. The summed E-state index contributed by atoms with van der Waals surface area (Å²) < 4.78 is 13.3. The predicted octanol–water partition coefficient (Wildman–Crippen LogP) is 2.92. The molecule has 0 unspecified atom stereocenters. The molecule has 2 fully saturated rings. The third-order valence-corrected chi connectivity index (χ3v) is 5.31. The first-order valence-corrected chi connectivity index (χ1v) is 9.55. The second kappa shape index (κ2) is 7.64. The van der Waals surface area contributed by atoms with E-state index >= 15 is 0 Å². The van der Waals surface area contributed by atoms with E-state index in [1.54, 1.807) is 17.0 Å². The zero-order chi connectivity index (χ0) is 18.8. The third kappa shape index (κ3) is 4.27. The van der Waals surface area contributed by atoms with Crippen molar-refractivity contribution in [2.45, 2.75) is 19.4 Å². The van der Waals surface area contributed by atoms with Crippen molar-refractivity contribution in [3.8, 4) is 0 Å². The molecule has 4 rings (SSSR count). The van der Waals surface area contributed by atoms with Crippen LogP contribution in [0.5, 0.6) is 0 Å². The van der Waals surface area contributed by atoms with Crippen molar-refractivity contribution in [1.82, 2.24) is 9.88 Å². The molecule has 142 valence electrons. The summed E-state index contributed by atoms with van der Waals surface area (Å²) in [5.74, 6) is 0.904. The molecule has 1 saturated carbocycles. The molecule has 6 heteroatoms. The van der Waals surface area contributed by atoms with Crippen LogP contribution in [-0.4, -0.2) is 49.0 Å². The summed E-state index contributed by atoms with van der Waals surface area (Å²) in [5, 5.41) is 0. The van der Waals surface area contributed by atoms with E-state index in [1.807, 2.05) is 18.3 Å². The van der Waals surface area contributed by atoms with Gasteiger partial charge in [-0.3, -0.25) is 4.79 Å². The standard InChI is InChI=1S/C21H25FN4O/c1-24-10-12-25(13-11-24)20-9-2-16(14-23-20)15-26(21(27)17-3-4-17)19-7-5-18(22)6-8-19/h2,5-9,14,17H,3-4,10-13,15H2,1H3. The number of anilines is 2. The smallest absolute Gasteiger partial charge is 0.230 e. The van der Waals surface area contributed by atoms with Gasteiger partial charge < -0.3 is 14.7 Å². The van der Waals surface area contributed by atoms with E-state index in [9.17, 15) is 9.18 Å². The first kappa shape index (κ1) is 17.9. The molecule has 0 atom stereocenters. The second-order valence-corrected chi connectivity index (χ2v) is 7.49. The van der Waals surface area contributed by atoms with Gasteiger partial charge in [-0.25, -0.2) is 9.37 Å². The fourth-order valence-corrected chi connectivity index (χ4v) is 3.38. The Hall–Kier alpha value is -2.47. The van der Waals surface area contributed by atoms with Crippen LogP contribution in [0.25, 0.3) is 0 Å². The first-order chi connectivity index (χ1) is 13.1. The van der Waals surface area contributed by atoms with Gasteiger partial charge in [-0.2, -0.15) is 0 Å². The van der Waals surface area contributed by atoms with Crippen LogP contribution in [0.3, 0.4) is 0 Å². The van der Waals surface area contributed by atoms with E-state index in [0.29, 0.717) is 6.54 Å². The molecule has 0 N–H and O–H groups in total. The van der Waals surface area contributed by atoms with Crippen molar-refractivity contribution >= 4 is 17.4 Å². The van der Waals surface area contributed by atoms with Crippen LogP contribution < -0.4 is 9.80 Å². The van der Waals surface area contributed by atoms with Crippen LogP contribution in [0.4, 0.5) is 15.9 Å².